The molecule has 1 aromatic heterocycles. The first-order chi connectivity index (χ1) is 6.09. The van der Waals surface area contributed by atoms with E-state index in [2.05, 4.69) is 0 Å². The van der Waals surface area contributed by atoms with Gasteiger partial charge in [0, 0.05) is 0 Å². The molecule has 0 spiro atoms. The fourth-order valence-electron chi connectivity index (χ4n) is 0.716. The van der Waals surface area contributed by atoms with Crippen LogP contribution in [-0.2, 0) is 5.75 Å². The third-order valence-corrected chi connectivity index (χ3v) is 1.93. The Bertz CT molecular complexity index is 298. The van der Waals surface area contributed by atoms with Crippen molar-refractivity contribution in [2.24, 2.45) is 0 Å². The maximum Gasteiger partial charge on any atom is 0.371 e. The van der Waals surface area contributed by atoms with Gasteiger partial charge in [-0.15, -0.1) is 0 Å². The lowest BCUT2D eigenvalue weighted by Gasteiger charge is -1.95. The van der Waals surface area contributed by atoms with Crippen molar-refractivity contribution in [2.45, 2.75) is 11.5 Å². The average molecular weight is 208 g/mol. The van der Waals surface area contributed by atoms with Gasteiger partial charge in [-0.1, -0.05) is 11.8 Å². The smallest absolute Gasteiger partial charge is 0.371 e. The lowest BCUT2D eigenvalue weighted by Crippen LogP contribution is -1.91. The molecule has 0 atom stereocenters. The number of carboxylic acid groups (broad SMARTS) is 1. The molecule has 1 aromatic rings. The van der Waals surface area contributed by atoms with Crippen LogP contribution in [0.15, 0.2) is 16.5 Å². The molecule has 72 valence electrons. The second-order valence-corrected chi connectivity index (χ2v) is 3.12. The van der Waals surface area contributed by atoms with E-state index in [0.29, 0.717) is 11.8 Å². The highest BCUT2D eigenvalue weighted by Crippen LogP contribution is 2.20. The third-order valence-electron chi connectivity index (χ3n) is 1.22. The summed E-state index contributed by atoms with van der Waals surface area (Å²) in [6.45, 7) is 0. The summed E-state index contributed by atoms with van der Waals surface area (Å²) in [7, 11) is 0. The Morgan fingerprint density at radius 2 is 2.31 bits per heavy atom. The molecule has 0 radical (unpaired) electrons. The summed E-state index contributed by atoms with van der Waals surface area (Å²) in [6, 6.07) is 2.61. The number of aromatic carboxylic acids is 1. The van der Waals surface area contributed by atoms with Crippen LogP contribution in [0.4, 0.5) is 8.78 Å². The molecule has 6 heteroatoms. The van der Waals surface area contributed by atoms with Crippen LogP contribution in [0.25, 0.3) is 0 Å². The number of furan rings is 1. The van der Waals surface area contributed by atoms with Crippen LogP contribution in [0.3, 0.4) is 0 Å². The minimum atomic E-state index is -2.47. The fourth-order valence-corrected chi connectivity index (χ4v) is 1.16. The van der Waals surface area contributed by atoms with Gasteiger partial charge in [-0.3, -0.25) is 0 Å². The first-order valence-electron chi connectivity index (χ1n) is 3.31. The lowest BCUT2D eigenvalue weighted by molar-refractivity contribution is 0.0661. The molecule has 1 heterocycles. The van der Waals surface area contributed by atoms with E-state index in [9.17, 15) is 13.6 Å². The molecule has 0 aliphatic rings. The predicted octanol–water partition coefficient (Wildman–Crippen LogP) is 2.43. The van der Waals surface area contributed by atoms with Crippen LogP contribution in [0.1, 0.15) is 16.3 Å². The Hall–Kier alpha value is -1.04. The number of carboxylic acids is 1. The third kappa shape index (κ3) is 3.06. The molecule has 0 aliphatic carbocycles. The van der Waals surface area contributed by atoms with Crippen LogP contribution in [0, 0.1) is 0 Å². The van der Waals surface area contributed by atoms with Crippen molar-refractivity contribution in [1.82, 2.24) is 0 Å². The number of halogens is 2. The first-order valence-corrected chi connectivity index (χ1v) is 4.36. The Morgan fingerprint density at radius 1 is 1.62 bits per heavy atom. The SMILES string of the molecule is O=C(O)c1ccc(CSC(F)F)o1. The van der Waals surface area contributed by atoms with E-state index in [4.69, 9.17) is 9.52 Å². The molecule has 0 amide bonds. The predicted molar refractivity (Wildman–Crippen MR) is 43.0 cm³/mol. The minimum absolute atomic E-state index is 0.0229. The van der Waals surface area contributed by atoms with Crippen molar-refractivity contribution >= 4 is 17.7 Å². The number of carbonyl (C=O) groups is 1. The lowest BCUT2D eigenvalue weighted by atomic mass is 10.4. The van der Waals surface area contributed by atoms with Crippen LogP contribution < -0.4 is 0 Å². The Labute approximate surface area is 76.7 Å². The molecule has 1 rings (SSSR count). The Balaban J connectivity index is 2.54. The highest BCUT2D eigenvalue weighted by Gasteiger charge is 2.10. The topological polar surface area (TPSA) is 50.4 Å². The van der Waals surface area contributed by atoms with Crippen molar-refractivity contribution < 1.29 is 23.1 Å². The molecule has 0 aliphatic heterocycles. The molecule has 0 saturated heterocycles. The normalized spacial score (nSPS) is 10.7. The number of hydrogen-bond acceptors (Lipinski definition) is 3. The van der Waals surface area contributed by atoms with Gasteiger partial charge in [0.1, 0.15) is 5.76 Å². The number of alkyl halides is 2. The second-order valence-electron chi connectivity index (χ2n) is 2.14. The maximum absolute atomic E-state index is 11.7. The zero-order chi connectivity index (χ0) is 9.84. The van der Waals surface area contributed by atoms with Crippen LogP contribution in [0.5, 0.6) is 0 Å². The van der Waals surface area contributed by atoms with Gasteiger partial charge in [0.15, 0.2) is 0 Å². The van der Waals surface area contributed by atoms with E-state index < -0.39 is 11.7 Å². The van der Waals surface area contributed by atoms with Crippen molar-refractivity contribution in [2.75, 3.05) is 0 Å². The van der Waals surface area contributed by atoms with Crippen molar-refractivity contribution in [3.8, 4) is 0 Å². The van der Waals surface area contributed by atoms with E-state index in [0.717, 1.165) is 0 Å². The summed E-state index contributed by atoms with van der Waals surface area (Å²) in [5.41, 5.74) is 0. The van der Waals surface area contributed by atoms with E-state index in [-0.39, 0.29) is 17.3 Å². The number of rotatable bonds is 4. The van der Waals surface area contributed by atoms with E-state index >= 15 is 0 Å². The Kier molecular flexibility index (Phi) is 3.30. The van der Waals surface area contributed by atoms with Crippen molar-refractivity contribution in [3.05, 3.63) is 23.7 Å². The van der Waals surface area contributed by atoms with Crippen LogP contribution >= 0.6 is 11.8 Å². The molecule has 0 fully saturated rings. The van der Waals surface area contributed by atoms with E-state index in [1.807, 2.05) is 0 Å². The van der Waals surface area contributed by atoms with Gasteiger partial charge in [-0.2, -0.15) is 8.78 Å². The monoisotopic (exact) mass is 208 g/mol. The molecular formula is C7H6F2O3S. The van der Waals surface area contributed by atoms with Crippen LogP contribution in [-0.4, -0.2) is 16.8 Å². The largest absolute Gasteiger partial charge is 0.475 e. The van der Waals surface area contributed by atoms with Crippen LogP contribution in [0.2, 0.25) is 0 Å². The van der Waals surface area contributed by atoms with Gasteiger partial charge < -0.3 is 9.52 Å². The van der Waals surface area contributed by atoms with Gasteiger partial charge in [0.05, 0.1) is 5.75 Å². The van der Waals surface area contributed by atoms with E-state index in [1.165, 1.54) is 12.1 Å². The fraction of sp³-hybridized carbons (Fsp3) is 0.286. The second kappa shape index (κ2) is 4.27. The van der Waals surface area contributed by atoms with Crippen molar-refractivity contribution in [1.29, 1.82) is 0 Å². The van der Waals surface area contributed by atoms with Gasteiger partial charge >= 0.3 is 5.97 Å². The number of hydrogen-bond donors (Lipinski definition) is 1. The molecule has 0 aromatic carbocycles. The summed E-state index contributed by atoms with van der Waals surface area (Å²) in [5.74, 6) is -3.69. The minimum Gasteiger partial charge on any atom is -0.475 e. The van der Waals surface area contributed by atoms with Gasteiger partial charge in [0.25, 0.3) is 5.76 Å². The molecule has 0 bridgehead atoms. The maximum atomic E-state index is 11.7. The summed E-state index contributed by atoms with van der Waals surface area (Å²) < 4.78 is 28.1. The molecule has 1 N–H and O–H groups in total. The Morgan fingerprint density at radius 3 is 2.77 bits per heavy atom. The molecule has 0 saturated carbocycles. The highest BCUT2D eigenvalue weighted by molar-refractivity contribution is 7.98. The molecule has 0 unspecified atom stereocenters. The standard InChI is InChI=1S/C7H6F2O3S/c8-7(9)13-3-4-1-2-5(12-4)6(10)11/h1-2,7H,3H2,(H,10,11). The number of thioether (sulfide) groups is 1. The van der Waals surface area contributed by atoms with E-state index in [1.54, 1.807) is 0 Å². The zero-order valence-electron chi connectivity index (χ0n) is 6.37. The average Bonchev–Trinajstić information content (AvgIpc) is 2.48. The van der Waals surface area contributed by atoms with Gasteiger partial charge in [-0.25, -0.2) is 4.79 Å². The molecule has 13 heavy (non-hydrogen) atoms. The van der Waals surface area contributed by atoms with Gasteiger partial charge in [0.2, 0.25) is 5.76 Å². The first kappa shape index (κ1) is 10.0. The molecular weight excluding hydrogens is 202 g/mol. The summed E-state index contributed by atoms with van der Waals surface area (Å²) in [4.78, 5) is 10.3. The summed E-state index contributed by atoms with van der Waals surface area (Å²) in [6.07, 6.45) is 0. The highest BCUT2D eigenvalue weighted by atomic mass is 32.2. The quantitative estimate of drug-likeness (QED) is 0.825. The molecule has 3 nitrogen and oxygen atoms in total. The summed E-state index contributed by atoms with van der Waals surface area (Å²) in [5, 5.41) is 8.43. The summed E-state index contributed by atoms with van der Waals surface area (Å²) >= 11 is 0.389. The van der Waals surface area contributed by atoms with Crippen molar-refractivity contribution in [3.63, 3.8) is 0 Å². The zero-order valence-corrected chi connectivity index (χ0v) is 7.18. The van der Waals surface area contributed by atoms with Gasteiger partial charge in [-0.05, 0) is 12.1 Å².